The van der Waals surface area contributed by atoms with E-state index in [1.54, 1.807) is 11.8 Å². The zero-order valence-electron chi connectivity index (χ0n) is 9.54. The molecule has 17 heavy (non-hydrogen) atoms. The number of rotatable bonds is 2. The minimum atomic E-state index is -0.250. The van der Waals surface area contributed by atoms with Gasteiger partial charge in [-0.15, -0.1) is 0 Å². The van der Waals surface area contributed by atoms with Crippen molar-refractivity contribution in [3.8, 4) is 0 Å². The number of para-hydroxylation sites is 2. The highest BCUT2D eigenvalue weighted by Gasteiger charge is 2.30. The molecule has 88 valence electrons. The van der Waals surface area contributed by atoms with Crippen molar-refractivity contribution in [1.29, 1.82) is 0 Å². The van der Waals surface area contributed by atoms with Crippen LogP contribution < -0.4 is 4.57 Å². The molecular formula is C13H15N2OS+. The third kappa shape index (κ3) is 1.68. The molecule has 0 unspecified atom stereocenters. The number of nitrogens with zero attached hydrogens (tertiary/aromatic N) is 2. The maximum atomic E-state index is 9.78. The van der Waals surface area contributed by atoms with E-state index in [1.807, 2.05) is 12.1 Å². The molecule has 0 fully saturated rings. The van der Waals surface area contributed by atoms with Gasteiger partial charge in [-0.05, 0) is 23.9 Å². The molecule has 1 aromatic heterocycles. The van der Waals surface area contributed by atoms with Gasteiger partial charge in [0.2, 0.25) is 0 Å². The Hall–Kier alpha value is -1.26. The predicted octanol–water partition coefficient (Wildman–Crippen LogP) is 1.58. The monoisotopic (exact) mass is 247 g/mol. The maximum absolute atomic E-state index is 9.78. The zero-order valence-corrected chi connectivity index (χ0v) is 10.4. The average molecular weight is 247 g/mol. The van der Waals surface area contributed by atoms with E-state index in [2.05, 4.69) is 33.9 Å². The van der Waals surface area contributed by atoms with E-state index in [0.717, 1.165) is 12.3 Å². The van der Waals surface area contributed by atoms with Gasteiger partial charge in [-0.2, -0.15) is 0 Å². The molecule has 1 atom stereocenters. The average Bonchev–Trinajstić information content (AvgIpc) is 2.65. The number of aliphatic hydroxyl groups excluding tert-OH is 1. The second-order valence-corrected chi connectivity index (χ2v) is 5.23. The highest BCUT2D eigenvalue weighted by Crippen LogP contribution is 2.26. The first kappa shape index (κ1) is 10.9. The number of hydrogen-bond acceptors (Lipinski definition) is 2. The SMILES string of the molecule is C=CCn1c2[n+](c3ccccc31)C[C@H](O)CS2. The lowest BCUT2D eigenvalue weighted by Gasteiger charge is -2.14. The Labute approximate surface area is 104 Å². The molecular weight excluding hydrogens is 232 g/mol. The summed E-state index contributed by atoms with van der Waals surface area (Å²) in [5, 5.41) is 11.0. The number of aromatic nitrogens is 2. The Morgan fingerprint density at radius 2 is 2.35 bits per heavy atom. The van der Waals surface area contributed by atoms with E-state index < -0.39 is 0 Å². The van der Waals surface area contributed by atoms with Crippen LogP contribution in [0.15, 0.2) is 42.1 Å². The summed E-state index contributed by atoms with van der Waals surface area (Å²) in [5.41, 5.74) is 2.40. The smallest absolute Gasteiger partial charge is 0.319 e. The van der Waals surface area contributed by atoms with Gasteiger partial charge in [0.15, 0.2) is 11.0 Å². The molecule has 0 bridgehead atoms. The maximum Gasteiger partial charge on any atom is 0.319 e. The molecule has 2 heterocycles. The van der Waals surface area contributed by atoms with Gasteiger partial charge < -0.3 is 5.11 Å². The van der Waals surface area contributed by atoms with E-state index >= 15 is 0 Å². The number of aliphatic hydroxyl groups is 1. The van der Waals surface area contributed by atoms with Crippen LogP contribution >= 0.6 is 11.8 Å². The van der Waals surface area contributed by atoms with Gasteiger partial charge in [0, 0.05) is 5.75 Å². The summed E-state index contributed by atoms with van der Waals surface area (Å²) in [6.07, 6.45) is 1.67. The highest BCUT2D eigenvalue weighted by atomic mass is 32.2. The molecule has 0 aliphatic carbocycles. The summed E-state index contributed by atoms with van der Waals surface area (Å²) in [7, 11) is 0. The van der Waals surface area contributed by atoms with Crippen LogP contribution in [0.25, 0.3) is 11.0 Å². The van der Waals surface area contributed by atoms with E-state index in [0.29, 0.717) is 6.54 Å². The van der Waals surface area contributed by atoms with Gasteiger partial charge in [0.1, 0.15) is 19.2 Å². The van der Waals surface area contributed by atoms with E-state index in [1.165, 1.54) is 16.2 Å². The third-order valence-electron chi connectivity index (χ3n) is 3.03. The Morgan fingerprint density at radius 1 is 1.53 bits per heavy atom. The second kappa shape index (κ2) is 4.20. The Morgan fingerprint density at radius 3 is 3.18 bits per heavy atom. The molecule has 3 rings (SSSR count). The molecule has 4 heteroatoms. The van der Waals surface area contributed by atoms with Gasteiger partial charge in [-0.25, -0.2) is 9.13 Å². The standard InChI is InChI=1S/C13H15N2OS/c1-2-7-14-11-5-3-4-6-12(11)15-8-10(16)9-17-13(14)15/h2-6,10,16H,1,7-9H2/q+1/t10-/m0/s1. The predicted molar refractivity (Wildman–Crippen MR) is 69.1 cm³/mol. The molecule has 1 aliphatic heterocycles. The summed E-state index contributed by atoms with van der Waals surface area (Å²) < 4.78 is 4.47. The van der Waals surface area contributed by atoms with Crippen molar-refractivity contribution in [3.63, 3.8) is 0 Å². The minimum absolute atomic E-state index is 0.250. The lowest BCUT2D eigenvalue weighted by molar-refractivity contribution is -0.717. The number of fused-ring (bicyclic) bond motifs is 3. The van der Waals surface area contributed by atoms with E-state index in [4.69, 9.17) is 0 Å². The molecule has 1 aromatic carbocycles. The third-order valence-corrected chi connectivity index (χ3v) is 4.29. The van der Waals surface area contributed by atoms with Crippen molar-refractivity contribution in [3.05, 3.63) is 36.9 Å². The van der Waals surface area contributed by atoms with Crippen molar-refractivity contribution in [2.24, 2.45) is 0 Å². The minimum Gasteiger partial charge on any atom is -0.388 e. The van der Waals surface area contributed by atoms with Gasteiger partial charge in [0.25, 0.3) is 0 Å². The first-order chi connectivity index (χ1) is 8.31. The topological polar surface area (TPSA) is 29.0 Å². The van der Waals surface area contributed by atoms with Gasteiger partial charge in [-0.1, -0.05) is 24.8 Å². The number of hydrogen-bond donors (Lipinski definition) is 1. The van der Waals surface area contributed by atoms with Crippen LogP contribution in [0.3, 0.4) is 0 Å². The van der Waals surface area contributed by atoms with E-state index in [9.17, 15) is 5.11 Å². The first-order valence-electron chi connectivity index (χ1n) is 5.74. The fourth-order valence-electron chi connectivity index (χ4n) is 2.34. The van der Waals surface area contributed by atoms with Crippen LogP contribution in [0.2, 0.25) is 0 Å². The van der Waals surface area contributed by atoms with Crippen LogP contribution in [0.4, 0.5) is 0 Å². The summed E-state index contributed by atoms with van der Waals surface area (Å²) in [5.74, 6) is 0.771. The molecule has 1 N–H and O–H groups in total. The van der Waals surface area contributed by atoms with E-state index in [-0.39, 0.29) is 6.10 Å². The molecule has 3 nitrogen and oxygen atoms in total. The number of allylic oxidation sites excluding steroid dienone is 1. The number of thioether (sulfide) groups is 1. The van der Waals surface area contributed by atoms with Gasteiger partial charge in [0.05, 0.1) is 0 Å². The van der Waals surface area contributed by atoms with Crippen LogP contribution in [-0.4, -0.2) is 21.5 Å². The normalized spacial score (nSPS) is 19.2. The van der Waals surface area contributed by atoms with Crippen LogP contribution in [0.1, 0.15) is 0 Å². The number of imidazole rings is 1. The lowest BCUT2D eigenvalue weighted by atomic mass is 10.3. The lowest BCUT2D eigenvalue weighted by Crippen LogP contribution is -2.45. The molecule has 0 spiro atoms. The molecule has 0 saturated heterocycles. The molecule has 1 aliphatic rings. The fraction of sp³-hybridized carbons (Fsp3) is 0.308. The molecule has 0 radical (unpaired) electrons. The van der Waals surface area contributed by atoms with Crippen molar-refractivity contribution < 1.29 is 9.67 Å². The Kier molecular flexibility index (Phi) is 2.68. The quantitative estimate of drug-likeness (QED) is 0.645. The van der Waals surface area contributed by atoms with Crippen molar-refractivity contribution in [1.82, 2.24) is 4.57 Å². The summed E-state index contributed by atoms with van der Waals surface area (Å²) in [6, 6.07) is 8.32. The largest absolute Gasteiger partial charge is 0.388 e. The molecule has 2 aromatic rings. The summed E-state index contributed by atoms with van der Waals surface area (Å²) >= 11 is 1.72. The van der Waals surface area contributed by atoms with Crippen molar-refractivity contribution in [2.45, 2.75) is 24.3 Å². The molecule has 0 amide bonds. The number of benzene rings is 1. The Balaban J connectivity index is 2.28. The second-order valence-electron chi connectivity index (χ2n) is 4.25. The zero-order chi connectivity index (χ0) is 11.8. The van der Waals surface area contributed by atoms with Gasteiger partial charge >= 0.3 is 5.16 Å². The van der Waals surface area contributed by atoms with Gasteiger partial charge in [-0.3, -0.25) is 0 Å². The highest BCUT2D eigenvalue weighted by molar-refractivity contribution is 7.99. The molecule has 0 saturated carbocycles. The van der Waals surface area contributed by atoms with Crippen LogP contribution in [0, 0.1) is 0 Å². The summed E-state index contributed by atoms with van der Waals surface area (Å²) in [6.45, 7) is 5.32. The first-order valence-corrected chi connectivity index (χ1v) is 6.72. The van der Waals surface area contributed by atoms with Crippen LogP contribution in [0.5, 0.6) is 0 Å². The summed E-state index contributed by atoms with van der Waals surface area (Å²) in [4.78, 5) is 0. The Bertz CT molecular complexity index is 576. The van der Waals surface area contributed by atoms with Crippen molar-refractivity contribution in [2.75, 3.05) is 5.75 Å². The van der Waals surface area contributed by atoms with Crippen molar-refractivity contribution >= 4 is 22.8 Å². The fourth-order valence-corrected chi connectivity index (χ4v) is 3.45. The van der Waals surface area contributed by atoms with Crippen LogP contribution in [-0.2, 0) is 13.1 Å².